The number of nitrogens with one attached hydrogen (secondary N) is 1. The Morgan fingerprint density at radius 2 is 1.84 bits per heavy atom. The van der Waals surface area contributed by atoms with Crippen LogP contribution in [0.25, 0.3) is 11.0 Å². The Labute approximate surface area is 148 Å². The molecule has 1 amide bonds. The van der Waals surface area contributed by atoms with Gasteiger partial charge in [0.1, 0.15) is 5.82 Å². The van der Waals surface area contributed by atoms with Gasteiger partial charge in [0.15, 0.2) is 0 Å². The molecular weight excluding hydrogens is 310 g/mol. The van der Waals surface area contributed by atoms with Crippen LogP contribution in [0.3, 0.4) is 0 Å². The normalized spacial score (nSPS) is 12.2. The van der Waals surface area contributed by atoms with E-state index < -0.39 is 0 Å². The molecule has 4 heteroatoms. The molecular formula is C21H25N3O. The highest BCUT2D eigenvalue weighted by molar-refractivity contribution is 5.78. The zero-order chi connectivity index (χ0) is 17.6. The van der Waals surface area contributed by atoms with Gasteiger partial charge in [-0.1, -0.05) is 49.4 Å². The fraction of sp³-hybridized carbons (Fsp3) is 0.333. The van der Waals surface area contributed by atoms with Crippen molar-refractivity contribution in [2.45, 2.75) is 45.7 Å². The number of benzene rings is 2. The summed E-state index contributed by atoms with van der Waals surface area (Å²) >= 11 is 0. The van der Waals surface area contributed by atoms with Gasteiger partial charge in [-0.15, -0.1) is 0 Å². The molecule has 0 fully saturated rings. The lowest BCUT2D eigenvalue weighted by Gasteiger charge is -2.16. The van der Waals surface area contributed by atoms with Crippen LogP contribution in [0.2, 0.25) is 0 Å². The number of hydrogen-bond donors (Lipinski definition) is 1. The molecule has 1 unspecified atom stereocenters. The maximum absolute atomic E-state index is 12.0. The Bertz CT molecular complexity index is 839. The topological polar surface area (TPSA) is 46.9 Å². The van der Waals surface area contributed by atoms with Gasteiger partial charge < -0.3 is 9.88 Å². The molecule has 4 nitrogen and oxygen atoms in total. The van der Waals surface area contributed by atoms with Gasteiger partial charge in [0.2, 0.25) is 5.91 Å². The molecule has 0 saturated carbocycles. The quantitative estimate of drug-likeness (QED) is 0.701. The van der Waals surface area contributed by atoms with Crippen LogP contribution in [0.4, 0.5) is 0 Å². The Balaban J connectivity index is 1.87. The molecule has 1 N–H and O–H groups in total. The monoisotopic (exact) mass is 335 g/mol. The Morgan fingerprint density at radius 3 is 2.60 bits per heavy atom. The van der Waals surface area contributed by atoms with Crippen molar-refractivity contribution >= 4 is 16.9 Å². The number of nitrogens with zero attached hydrogens (tertiary/aromatic N) is 2. The van der Waals surface area contributed by atoms with Gasteiger partial charge in [0.05, 0.1) is 17.1 Å². The van der Waals surface area contributed by atoms with E-state index in [0.717, 1.165) is 36.2 Å². The van der Waals surface area contributed by atoms with Crippen LogP contribution in [-0.2, 0) is 17.8 Å². The average molecular weight is 335 g/mol. The van der Waals surface area contributed by atoms with Gasteiger partial charge in [0.25, 0.3) is 0 Å². The van der Waals surface area contributed by atoms with Gasteiger partial charge >= 0.3 is 0 Å². The van der Waals surface area contributed by atoms with Crippen LogP contribution in [0, 0.1) is 0 Å². The van der Waals surface area contributed by atoms with Crippen molar-refractivity contribution in [3.8, 4) is 0 Å². The van der Waals surface area contributed by atoms with Gasteiger partial charge in [-0.25, -0.2) is 4.98 Å². The molecule has 1 aromatic heterocycles. The van der Waals surface area contributed by atoms with Crippen LogP contribution in [0.1, 0.15) is 44.1 Å². The SMILES string of the molecule is CCCC(=O)NC(C)c1nc2ccccc2n1CCc1ccccc1. The number of carbonyl (C=O) groups excluding carboxylic acids is 1. The molecule has 0 aliphatic carbocycles. The van der Waals surface area contributed by atoms with E-state index in [0.29, 0.717) is 6.42 Å². The van der Waals surface area contributed by atoms with E-state index in [1.54, 1.807) is 0 Å². The highest BCUT2D eigenvalue weighted by Crippen LogP contribution is 2.21. The summed E-state index contributed by atoms with van der Waals surface area (Å²) in [5.74, 6) is 0.998. The van der Waals surface area contributed by atoms with E-state index in [1.165, 1.54) is 5.56 Å². The number of rotatable bonds is 7. The molecule has 0 saturated heterocycles. The average Bonchev–Trinajstić information content (AvgIpc) is 3.00. The zero-order valence-corrected chi connectivity index (χ0v) is 14.9. The smallest absolute Gasteiger partial charge is 0.220 e. The van der Waals surface area contributed by atoms with Crippen molar-refractivity contribution in [3.63, 3.8) is 0 Å². The maximum Gasteiger partial charge on any atom is 0.220 e. The Kier molecular flexibility index (Phi) is 5.49. The van der Waals surface area contributed by atoms with Crippen LogP contribution in [0.5, 0.6) is 0 Å². The lowest BCUT2D eigenvalue weighted by atomic mass is 10.1. The minimum atomic E-state index is -0.109. The van der Waals surface area contributed by atoms with E-state index in [2.05, 4.69) is 40.2 Å². The third kappa shape index (κ3) is 4.08. The first-order valence-corrected chi connectivity index (χ1v) is 8.97. The maximum atomic E-state index is 12.0. The Hall–Kier alpha value is -2.62. The summed E-state index contributed by atoms with van der Waals surface area (Å²) < 4.78 is 2.24. The molecule has 0 bridgehead atoms. The molecule has 2 aromatic carbocycles. The number of aromatic nitrogens is 2. The summed E-state index contributed by atoms with van der Waals surface area (Å²) in [6.07, 6.45) is 2.33. The molecule has 0 aliphatic rings. The summed E-state index contributed by atoms with van der Waals surface area (Å²) in [5, 5.41) is 3.07. The van der Waals surface area contributed by atoms with E-state index in [9.17, 15) is 4.79 Å². The van der Waals surface area contributed by atoms with E-state index in [4.69, 9.17) is 4.98 Å². The molecule has 3 rings (SSSR count). The van der Waals surface area contributed by atoms with Gasteiger partial charge in [-0.2, -0.15) is 0 Å². The summed E-state index contributed by atoms with van der Waals surface area (Å²) in [4.78, 5) is 16.8. The predicted molar refractivity (Wildman–Crippen MR) is 101 cm³/mol. The highest BCUT2D eigenvalue weighted by atomic mass is 16.1. The molecule has 1 atom stereocenters. The molecule has 130 valence electrons. The van der Waals surface area contributed by atoms with Gasteiger partial charge in [0, 0.05) is 13.0 Å². The largest absolute Gasteiger partial charge is 0.346 e. The molecule has 0 aliphatic heterocycles. The predicted octanol–water partition coefficient (Wildman–Crippen LogP) is 4.26. The van der Waals surface area contributed by atoms with Crippen molar-refractivity contribution in [2.75, 3.05) is 0 Å². The molecule has 0 spiro atoms. The molecule has 0 radical (unpaired) electrons. The van der Waals surface area contributed by atoms with Crippen molar-refractivity contribution < 1.29 is 4.79 Å². The third-order valence-electron chi connectivity index (χ3n) is 4.39. The van der Waals surface area contributed by atoms with Crippen molar-refractivity contribution in [3.05, 3.63) is 66.0 Å². The number of para-hydroxylation sites is 2. The molecule has 1 heterocycles. The number of imidazole rings is 1. The minimum absolute atomic E-state index is 0.0802. The van der Waals surface area contributed by atoms with Crippen molar-refractivity contribution in [1.29, 1.82) is 0 Å². The standard InChI is InChI=1S/C21H25N3O/c1-3-9-20(25)22-16(2)21-23-18-12-7-8-13-19(18)24(21)15-14-17-10-5-4-6-11-17/h4-8,10-13,16H,3,9,14-15H2,1-2H3,(H,22,25). The number of amides is 1. The fourth-order valence-electron chi connectivity index (χ4n) is 3.15. The van der Waals surface area contributed by atoms with E-state index >= 15 is 0 Å². The summed E-state index contributed by atoms with van der Waals surface area (Å²) in [5.41, 5.74) is 3.39. The number of fused-ring (bicyclic) bond motifs is 1. The summed E-state index contributed by atoms with van der Waals surface area (Å²) in [7, 11) is 0. The van der Waals surface area contributed by atoms with Crippen molar-refractivity contribution in [1.82, 2.24) is 14.9 Å². The van der Waals surface area contributed by atoms with E-state index in [1.807, 2.05) is 38.1 Å². The lowest BCUT2D eigenvalue weighted by molar-refractivity contribution is -0.121. The molecule has 25 heavy (non-hydrogen) atoms. The Morgan fingerprint density at radius 1 is 1.12 bits per heavy atom. The third-order valence-corrected chi connectivity index (χ3v) is 4.39. The second-order valence-electron chi connectivity index (χ2n) is 6.39. The van der Waals surface area contributed by atoms with E-state index in [-0.39, 0.29) is 11.9 Å². The second-order valence-corrected chi connectivity index (χ2v) is 6.39. The fourth-order valence-corrected chi connectivity index (χ4v) is 3.15. The first-order valence-electron chi connectivity index (χ1n) is 8.97. The van der Waals surface area contributed by atoms with Gasteiger partial charge in [-0.05, 0) is 37.5 Å². The lowest BCUT2D eigenvalue weighted by Crippen LogP contribution is -2.28. The summed E-state index contributed by atoms with van der Waals surface area (Å²) in [6, 6.07) is 18.5. The number of aryl methyl sites for hydroxylation is 2. The van der Waals surface area contributed by atoms with Crippen LogP contribution in [0.15, 0.2) is 54.6 Å². The second kappa shape index (κ2) is 7.97. The van der Waals surface area contributed by atoms with Crippen LogP contribution < -0.4 is 5.32 Å². The van der Waals surface area contributed by atoms with Gasteiger partial charge in [-0.3, -0.25) is 4.79 Å². The van der Waals surface area contributed by atoms with Crippen molar-refractivity contribution in [2.24, 2.45) is 0 Å². The summed E-state index contributed by atoms with van der Waals surface area (Å²) in [6.45, 7) is 4.86. The van der Waals surface area contributed by atoms with Crippen LogP contribution in [-0.4, -0.2) is 15.5 Å². The first kappa shape index (κ1) is 17.2. The number of hydrogen-bond acceptors (Lipinski definition) is 2. The molecule has 3 aromatic rings. The van der Waals surface area contributed by atoms with Crippen LogP contribution >= 0.6 is 0 Å². The first-order chi connectivity index (χ1) is 12.2. The zero-order valence-electron chi connectivity index (χ0n) is 14.9. The number of carbonyl (C=O) groups is 1. The minimum Gasteiger partial charge on any atom is -0.346 e. The highest BCUT2D eigenvalue weighted by Gasteiger charge is 2.18.